The van der Waals surface area contributed by atoms with Crippen LogP contribution in [0.3, 0.4) is 0 Å². The minimum atomic E-state index is -0.336. The number of nitrogens with one attached hydrogen (secondary N) is 1. The largest absolute Gasteiger partial charge is 0.338 e. The third-order valence-corrected chi connectivity index (χ3v) is 4.01. The van der Waals surface area contributed by atoms with E-state index < -0.39 is 0 Å². The molecule has 2 aliphatic rings. The minimum absolute atomic E-state index is 0.179. The van der Waals surface area contributed by atoms with E-state index in [1.54, 1.807) is 18.3 Å². The van der Waals surface area contributed by atoms with Crippen molar-refractivity contribution in [2.75, 3.05) is 10.2 Å². The second-order valence-electron chi connectivity index (χ2n) is 5.53. The average Bonchev–Trinajstić information content (AvgIpc) is 2.78. The second kappa shape index (κ2) is 5.66. The zero-order valence-corrected chi connectivity index (χ0v) is 12.7. The van der Waals surface area contributed by atoms with Gasteiger partial charge in [0.05, 0.1) is 17.0 Å². The highest BCUT2D eigenvalue weighted by Crippen LogP contribution is 2.38. The molecular formula is C18H14N4O2. The lowest BCUT2D eigenvalue weighted by Crippen LogP contribution is -2.11. The number of nitrogens with zero attached hydrogens (tertiary/aromatic N) is 3. The number of para-hydroxylation sites is 1. The Balaban J connectivity index is 1.87. The van der Waals surface area contributed by atoms with Gasteiger partial charge in [-0.2, -0.15) is 0 Å². The van der Waals surface area contributed by atoms with E-state index in [2.05, 4.69) is 10.3 Å². The molecule has 24 heavy (non-hydrogen) atoms. The van der Waals surface area contributed by atoms with Gasteiger partial charge in [0, 0.05) is 35.4 Å². The van der Waals surface area contributed by atoms with Crippen LogP contribution >= 0.6 is 0 Å². The van der Waals surface area contributed by atoms with E-state index in [9.17, 15) is 10.1 Å². The van der Waals surface area contributed by atoms with Crippen LogP contribution in [0.5, 0.6) is 0 Å². The molecule has 1 aliphatic heterocycles. The van der Waals surface area contributed by atoms with Crippen LogP contribution in [-0.2, 0) is 0 Å². The monoisotopic (exact) mass is 318 g/mol. The van der Waals surface area contributed by atoms with Gasteiger partial charge < -0.3 is 10.2 Å². The molecule has 0 unspecified atom stereocenters. The van der Waals surface area contributed by atoms with Crippen molar-refractivity contribution in [3.63, 3.8) is 0 Å². The molecular weight excluding hydrogens is 304 g/mol. The van der Waals surface area contributed by atoms with E-state index in [-0.39, 0.29) is 17.0 Å². The smallest absolute Gasteiger partial charge is 0.250 e. The Labute approximate surface area is 138 Å². The number of hydrogen-bond donors (Lipinski definition) is 1. The molecule has 0 amide bonds. The van der Waals surface area contributed by atoms with Gasteiger partial charge in [0.25, 0.3) is 5.70 Å². The summed E-state index contributed by atoms with van der Waals surface area (Å²) in [5.74, 6) is 0.719. The molecule has 1 aromatic carbocycles. The third kappa shape index (κ3) is 2.44. The maximum Gasteiger partial charge on any atom is 0.250 e. The maximum absolute atomic E-state index is 11.1. The van der Waals surface area contributed by atoms with Crippen molar-refractivity contribution in [3.8, 4) is 0 Å². The van der Waals surface area contributed by atoms with Crippen molar-refractivity contribution in [3.05, 3.63) is 94.1 Å². The molecule has 0 bridgehead atoms. The fraction of sp³-hybridized carbons (Fsp3) is 0.0556. The summed E-state index contributed by atoms with van der Waals surface area (Å²) in [5.41, 5.74) is 3.73. The fourth-order valence-corrected chi connectivity index (χ4v) is 2.84. The molecule has 1 aromatic heterocycles. The predicted molar refractivity (Wildman–Crippen MR) is 92.3 cm³/mol. The summed E-state index contributed by atoms with van der Waals surface area (Å²) >= 11 is 0. The number of nitro groups is 1. The van der Waals surface area contributed by atoms with E-state index in [0.717, 1.165) is 28.5 Å². The molecule has 0 atom stereocenters. The summed E-state index contributed by atoms with van der Waals surface area (Å²) in [5, 5.41) is 14.4. The second-order valence-corrected chi connectivity index (χ2v) is 5.53. The highest BCUT2D eigenvalue weighted by molar-refractivity contribution is 5.80. The van der Waals surface area contributed by atoms with E-state index in [4.69, 9.17) is 0 Å². The quantitative estimate of drug-likeness (QED) is 0.670. The summed E-state index contributed by atoms with van der Waals surface area (Å²) in [6, 6.07) is 13.7. The van der Waals surface area contributed by atoms with Gasteiger partial charge in [-0.15, -0.1) is 0 Å². The molecule has 118 valence electrons. The molecule has 0 spiro atoms. The number of pyridine rings is 1. The van der Waals surface area contributed by atoms with Crippen LogP contribution in [0.2, 0.25) is 0 Å². The van der Waals surface area contributed by atoms with Gasteiger partial charge in [0.2, 0.25) is 0 Å². The van der Waals surface area contributed by atoms with Gasteiger partial charge in [-0.1, -0.05) is 18.2 Å². The van der Waals surface area contributed by atoms with Gasteiger partial charge in [-0.05, 0) is 30.3 Å². The number of fused-ring (bicyclic) bond motifs is 2. The van der Waals surface area contributed by atoms with Crippen molar-refractivity contribution in [1.29, 1.82) is 0 Å². The third-order valence-electron chi connectivity index (χ3n) is 4.01. The fourth-order valence-electron chi connectivity index (χ4n) is 2.84. The number of hydrogen-bond acceptors (Lipinski definition) is 5. The van der Waals surface area contributed by atoms with Crippen LogP contribution in [0.25, 0.3) is 0 Å². The summed E-state index contributed by atoms with van der Waals surface area (Å²) in [7, 11) is 0. The first-order valence-corrected chi connectivity index (χ1v) is 7.55. The molecule has 0 saturated heterocycles. The van der Waals surface area contributed by atoms with Crippen molar-refractivity contribution >= 4 is 17.2 Å². The summed E-state index contributed by atoms with van der Waals surface area (Å²) < 4.78 is 0. The SMILES string of the molecule is O=[N+]([O-])C1=CC=C2Nc3ncccc3N(c3ccccc3)C=C2C1. The van der Waals surface area contributed by atoms with E-state index in [1.807, 2.05) is 53.6 Å². The molecule has 6 nitrogen and oxygen atoms in total. The molecule has 1 aliphatic carbocycles. The Morgan fingerprint density at radius 2 is 1.96 bits per heavy atom. The summed E-state index contributed by atoms with van der Waals surface area (Å²) in [4.78, 5) is 17.2. The van der Waals surface area contributed by atoms with Crippen molar-refractivity contribution < 1.29 is 4.92 Å². The van der Waals surface area contributed by atoms with Gasteiger partial charge >= 0.3 is 0 Å². The first-order chi connectivity index (χ1) is 11.7. The molecule has 2 heterocycles. The summed E-state index contributed by atoms with van der Waals surface area (Å²) in [6.07, 6.45) is 7.21. The van der Waals surface area contributed by atoms with Gasteiger partial charge in [-0.3, -0.25) is 10.1 Å². The molecule has 1 N–H and O–H groups in total. The van der Waals surface area contributed by atoms with Crippen LogP contribution in [0, 0.1) is 10.1 Å². The average molecular weight is 318 g/mol. The number of anilines is 3. The first kappa shape index (κ1) is 14.2. The lowest BCUT2D eigenvalue weighted by molar-refractivity contribution is -0.427. The molecule has 0 radical (unpaired) electrons. The number of rotatable bonds is 2. The van der Waals surface area contributed by atoms with Crippen LogP contribution < -0.4 is 10.2 Å². The van der Waals surface area contributed by atoms with Crippen LogP contribution in [0.15, 0.2) is 84.0 Å². The highest BCUT2D eigenvalue weighted by atomic mass is 16.6. The maximum atomic E-state index is 11.1. The zero-order valence-electron chi connectivity index (χ0n) is 12.7. The Hall–Kier alpha value is -3.41. The van der Waals surface area contributed by atoms with Gasteiger partial charge in [0.15, 0.2) is 5.82 Å². The molecule has 2 aromatic rings. The molecule has 4 rings (SSSR count). The van der Waals surface area contributed by atoms with E-state index in [1.165, 1.54) is 0 Å². The minimum Gasteiger partial charge on any atom is -0.338 e. The Morgan fingerprint density at radius 3 is 2.75 bits per heavy atom. The van der Waals surface area contributed by atoms with Gasteiger partial charge in [0.1, 0.15) is 0 Å². The topological polar surface area (TPSA) is 71.3 Å². The van der Waals surface area contributed by atoms with Crippen molar-refractivity contribution in [2.24, 2.45) is 0 Å². The Kier molecular flexibility index (Phi) is 3.35. The van der Waals surface area contributed by atoms with Crippen molar-refractivity contribution in [1.82, 2.24) is 4.98 Å². The van der Waals surface area contributed by atoms with Crippen LogP contribution in [-0.4, -0.2) is 9.91 Å². The van der Waals surface area contributed by atoms with Crippen LogP contribution in [0.1, 0.15) is 6.42 Å². The number of allylic oxidation sites excluding steroid dienone is 4. The lowest BCUT2D eigenvalue weighted by Gasteiger charge is -2.21. The van der Waals surface area contributed by atoms with E-state index >= 15 is 0 Å². The predicted octanol–water partition coefficient (Wildman–Crippen LogP) is 3.98. The van der Waals surface area contributed by atoms with Gasteiger partial charge in [-0.25, -0.2) is 4.98 Å². The van der Waals surface area contributed by atoms with E-state index in [0.29, 0.717) is 0 Å². The standard InChI is InChI=1S/C18H14N4O2/c23-22(24)15-8-9-16-13(11-15)12-21(14-5-2-1-3-6-14)17-7-4-10-19-18(17)20-16/h1-10,12H,11H2,(H,19,20). The Bertz CT molecular complexity index is 900. The summed E-state index contributed by atoms with van der Waals surface area (Å²) in [6.45, 7) is 0. The number of benzene rings is 1. The highest BCUT2D eigenvalue weighted by Gasteiger charge is 2.25. The first-order valence-electron chi connectivity index (χ1n) is 7.55. The zero-order chi connectivity index (χ0) is 16.5. The molecule has 0 saturated carbocycles. The Morgan fingerprint density at radius 1 is 1.12 bits per heavy atom. The van der Waals surface area contributed by atoms with Crippen molar-refractivity contribution in [2.45, 2.75) is 6.42 Å². The molecule has 0 fully saturated rings. The van der Waals surface area contributed by atoms with Crippen LogP contribution in [0.4, 0.5) is 17.2 Å². The number of aromatic nitrogens is 1. The lowest BCUT2D eigenvalue weighted by atomic mass is 10.0. The molecule has 6 heteroatoms. The normalized spacial score (nSPS) is 15.8.